The Balaban J connectivity index is 3.21. The van der Waals surface area contributed by atoms with Crippen molar-refractivity contribution in [1.29, 1.82) is 0 Å². The highest BCUT2D eigenvalue weighted by molar-refractivity contribution is 4.57. The molecule has 0 fully saturated rings. The number of hydrogen-bond donors (Lipinski definition) is 0. The van der Waals surface area contributed by atoms with Crippen LogP contribution in [-0.2, 0) is 0 Å². The summed E-state index contributed by atoms with van der Waals surface area (Å²) in [5.41, 5.74) is 0. The molecule has 0 aliphatic heterocycles. The normalized spacial score (nSPS) is 13.9. The first-order valence-electron chi connectivity index (χ1n) is 12.2. The number of unbranched alkanes of at least 4 members (excludes halogenated alkanes) is 12. The van der Waals surface area contributed by atoms with Gasteiger partial charge in [-0.15, -0.1) is 0 Å². The lowest BCUT2D eigenvalue weighted by atomic mass is 9.94. The van der Waals surface area contributed by atoms with Crippen molar-refractivity contribution in [2.75, 3.05) is 0 Å². The average Bonchev–Trinajstić information content (AvgIpc) is 2.61. The van der Waals surface area contributed by atoms with Crippen LogP contribution in [-0.4, -0.2) is 0 Å². The first-order chi connectivity index (χ1) is 12.2. The third-order valence-corrected chi connectivity index (χ3v) is 5.99. The van der Waals surface area contributed by atoms with Gasteiger partial charge in [0, 0.05) is 0 Å². The Morgan fingerprint density at radius 3 is 1.00 bits per heavy atom. The Bertz CT molecular complexity index is 232. The monoisotopic (exact) mass is 352 g/mol. The second kappa shape index (κ2) is 20.3. The molecule has 2 unspecified atom stereocenters. The molecule has 0 spiro atoms. The smallest absolute Gasteiger partial charge is 0.0443 e. The fourth-order valence-corrected chi connectivity index (χ4v) is 3.98. The minimum absolute atomic E-state index is 0.964. The first kappa shape index (κ1) is 25.0. The fourth-order valence-electron chi connectivity index (χ4n) is 3.98. The SMILES string of the molecule is CCCCCCCCCCC(C)CCCCCCCC(C)CCCC. The van der Waals surface area contributed by atoms with Crippen LogP contribution in [0.25, 0.3) is 0 Å². The molecular formula is C25H52. The van der Waals surface area contributed by atoms with Gasteiger partial charge < -0.3 is 0 Å². The molecule has 0 aliphatic rings. The third kappa shape index (κ3) is 20.2. The van der Waals surface area contributed by atoms with Gasteiger partial charge in [0.1, 0.15) is 0 Å². The maximum absolute atomic E-state index is 2.48. The summed E-state index contributed by atoms with van der Waals surface area (Å²) in [6, 6.07) is 0. The second-order valence-electron chi connectivity index (χ2n) is 8.96. The lowest BCUT2D eigenvalue weighted by molar-refractivity contribution is 0.420. The zero-order chi connectivity index (χ0) is 18.6. The number of hydrogen-bond acceptors (Lipinski definition) is 0. The van der Waals surface area contributed by atoms with Crippen LogP contribution in [0.1, 0.15) is 150 Å². The van der Waals surface area contributed by atoms with Crippen LogP contribution in [0.5, 0.6) is 0 Å². The Kier molecular flexibility index (Phi) is 20.3. The van der Waals surface area contributed by atoms with Crippen molar-refractivity contribution in [3.8, 4) is 0 Å². The Morgan fingerprint density at radius 2 is 0.640 bits per heavy atom. The van der Waals surface area contributed by atoms with Crippen molar-refractivity contribution >= 4 is 0 Å². The van der Waals surface area contributed by atoms with E-state index in [2.05, 4.69) is 27.7 Å². The van der Waals surface area contributed by atoms with Crippen LogP contribution in [0.15, 0.2) is 0 Å². The van der Waals surface area contributed by atoms with E-state index in [4.69, 9.17) is 0 Å². The molecule has 0 bridgehead atoms. The highest BCUT2D eigenvalue weighted by Gasteiger charge is 2.03. The lowest BCUT2D eigenvalue weighted by Crippen LogP contribution is -1.96. The summed E-state index contributed by atoms with van der Waals surface area (Å²) in [5, 5.41) is 0. The summed E-state index contributed by atoms with van der Waals surface area (Å²) < 4.78 is 0. The largest absolute Gasteiger partial charge is 0.0654 e. The topological polar surface area (TPSA) is 0 Å². The van der Waals surface area contributed by atoms with Crippen LogP contribution >= 0.6 is 0 Å². The van der Waals surface area contributed by atoms with E-state index in [1.165, 1.54) is 122 Å². The molecule has 0 aromatic carbocycles. The highest BCUT2D eigenvalue weighted by Crippen LogP contribution is 2.20. The molecule has 25 heavy (non-hydrogen) atoms. The van der Waals surface area contributed by atoms with Gasteiger partial charge in [0.15, 0.2) is 0 Å². The van der Waals surface area contributed by atoms with Crippen LogP contribution < -0.4 is 0 Å². The average molecular weight is 353 g/mol. The van der Waals surface area contributed by atoms with Gasteiger partial charge in [-0.3, -0.25) is 0 Å². The summed E-state index contributed by atoms with van der Waals surface area (Å²) in [5.74, 6) is 1.93. The molecular weight excluding hydrogens is 300 g/mol. The molecule has 0 amide bonds. The van der Waals surface area contributed by atoms with Gasteiger partial charge >= 0.3 is 0 Å². The van der Waals surface area contributed by atoms with Crippen LogP contribution in [0.4, 0.5) is 0 Å². The van der Waals surface area contributed by atoms with E-state index in [1.54, 1.807) is 0 Å². The van der Waals surface area contributed by atoms with Gasteiger partial charge in [-0.2, -0.15) is 0 Å². The Morgan fingerprint density at radius 1 is 0.360 bits per heavy atom. The standard InChI is InChI=1S/C25H52/c1-5-7-9-10-11-12-14-17-22-25(4)23-19-16-13-15-18-21-24(3)20-8-6-2/h24-25H,5-23H2,1-4H3. The molecule has 0 radical (unpaired) electrons. The van der Waals surface area contributed by atoms with Gasteiger partial charge in [0.05, 0.1) is 0 Å². The van der Waals surface area contributed by atoms with Crippen LogP contribution in [0.2, 0.25) is 0 Å². The molecule has 0 aromatic rings. The highest BCUT2D eigenvalue weighted by atomic mass is 14.1. The van der Waals surface area contributed by atoms with Crippen molar-refractivity contribution < 1.29 is 0 Å². The van der Waals surface area contributed by atoms with Crippen molar-refractivity contribution in [1.82, 2.24) is 0 Å². The van der Waals surface area contributed by atoms with Gasteiger partial charge in [0.25, 0.3) is 0 Å². The van der Waals surface area contributed by atoms with Crippen molar-refractivity contribution in [3.63, 3.8) is 0 Å². The van der Waals surface area contributed by atoms with Gasteiger partial charge in [-0.05, 0) is 11.8 Å². The van der Waals surface area contributed by atoms with Crippen molar-refractivity contribution in [2.24, 2.45) is 11.8 Å². The molecule has 0 saturated heterocycles. The Labute approximate surface area is 161 Å². The molecule has 0 aliphatic carbocycles. The molecule has 152 valence electrons. The van der Waals surface area contributed by atoms with E-state index in [-0.39, 0.29) is 0 Å². The summed E-state index contributed by atoms with van der Waals surface area (Å²) in [7, 11) is 0. The molecule has 0 heterocycles. The number of rotatable bonds is 20. The maximum Gasteiger partial charge on any atom is -0.0443 e. The minimum Gasteiger partial charge on any atom is -0.0654 e. The quantitative estimate of drug-likeness (QED) is 0.191. The van der Waals surface area contributed by atoms with E-state index in [0.717, 1.165) is 11.8 Å². The zero-order valence-corrected chi connectivity index (χ0v) is 18.6. The van der Waals surface area contributed by atoms with Crippen LogP contribution in [0, 0.1) is 11.8 Å². The van der Waals surface area contributed by atoms with Crippen molar-refractivity contribution in [3.05, 3.63) is 0 Å². The van der Waals surface area contributed by atoms with E-state index in [0.29, 0.717) is 0 Å². The molecule has 0 aromatic heterocycles. The molecule has 0 heteroatoms. The Hall–Kier alpha value is 0. The molecule has 2 atom stereocenters. The van der Waals surface area contributed by atoms with Gasteiger partial charge in [-0.25, -0.2) is 0 Å². The maximum atomic E-state index is 2.48. The predicted molar refractivity (Wildman–Crippen MR) is 117 cm³/mol. The third-order valence-electron chi connectivity index (χ3n) is 5.99. The van der Waals surface area contributed by atoms with Gasteiger partial charge in [0.2, 0.25) is 0 Å². The van der Waals surface area contributed by atoms with E-state index < -0.39 is 0 Å². The van der Waals surface area contributed by atoms with E-state index >= 15 is 0 Å². The lowest BCUT2D eigenvalue weighted by Gasteiger charge is -2.12. The molecule has 0 nitrogen and oxygen atoms in total. The zero-order valence-electron chi connectivity index (χ0n) is 18.6. The fraction of sp³-hybridized carbons (Fsp3) is 1.00. The summed E-state index contributed by atoms with van der Waals surface area (Å²) in [4.78, 5) is 0. The summed E-state index contributed by atoms with van der Waals surface area (Å²) in [6.45, 7) is 9.54. The van der Waals surface area contributed by atoms with Crippen molar-refractivity contribution in [2.45, 2.75) is 150 Å². The summed E-state index contributed by atoms with van der Waals surface area (Å²) >= 11 is 0. The molecule has 0 N–H and O–H groups in total. The van der Waals surface area contributed by atoms with E-state index in [9.17, 15) is 0 Å². The van der Waals surface area contributed by atoms with Crippen LogP contribution in [0.3, 0.4) is 0 Å². The van der Waals surface area contributed by atoms with Gasteiger partial charge in [-0.1, -0.05) is 150 Å². The minimum atomic E-state index is 0.964. The van der Waals surface area contributed by atoms with E-state index in [1.807, 2.05) is 0 Å². The second-order valence-corrected chi connectivity index (χ2v) is 8.96. The molecule has 0 saturated carbocycles. The molecule has 0 rings (SSSR count). The predicted octanol–water partition coefficient (Wildman–Crippen LogP) is 9.71. The first-order valence-corrected chi connectivity index (χ1v) is 12.2. The summed E-state index contributed by atoms with van der Waals surface area (Å²) in [6.07, 6.45) is 27.7.